The van der Waals surface area contributed by atoms with Crippen molar-refractivity contribution < 1.29 is 19.1 Å². The van der Waals surface area contributed by atoms with Crippen LogP contribution in [0.4, 0.5) is 10.5 Å². The molecule has 7 heteroatoms. The van der Waals surface area contributed by atoms with Gasteiger partial charge in [-0.3, -0.25) is 9.69 Å². The van der Waals surface area contributed by atoms with E-state index in [4.69, 9.17) is 15.2 Å². The molecule has 0 aliphatic carbocycles. The molecule has 0 unspecified atom stereocenters. The molecule has 1 rings (SSSR count). The van der Waals surface area contributed by atoms with Gasteiger partial charge in [0, 0.05) is 30.4 Å². The second kappa shape index (κ2) is 8.00. The van der Waals surface area contributed by atoms with E-state index in [-0.39, 0.29) is 6.54 Å². The van der Waals surface area contributed by atoms with Crippen molar-refractivity contribution in [2.45, 2.75) is 6.42 Å². The zero-order valence-corrected chi connectivity index (χ0v) is 11.6. The van der Waals surface area contributed by atoms with Crippen molar-refractivity contribution in [2.24, 2.45) is 5.73 Å². The molecule has 3 amide bonds. The highest BCUT2D eigenvalue weighted by Crippen LogP contribution is 2.25. The number of hydrogen-bond donors (Lipinski definition) is 2. The molecule has 0 saturated carbocycles. The number of urea groups is 1. The van der Waals surface area contributed by atoms with Gasteiger partial charge in [0.2, 0.25) is 6.41 Å². The highest BCUT2D eigenvalue weighted by molar-refractivity contribution is 5.95. The van der Waals surface area contributed by atoms with Gasteiger partial charge in [0.1, 0.15) is 11.5 Å². The number of amides is 3. The maximum Gasteiger partial charge on any atom is 0.328 e. The standard InChI is InChI=1S/C13H19N3O4/c1-19-11-6-10(7-12(8-11)20-2)15-13(18)16(9-17)5-3-4-14/h6-9H,3-5,14H2,1-2H3,(H,15,18). The molecular formula is C13H19N3O4. The third-order valence-electron chi connectivity index (χ3n) is 2.59. The molecule has 0 fully saturated rings. The van der Waals surface area contributed by atoms with Gasteiger partial charge in [-0.25, -0.2) is 4.79 Å². The normalized spacial score (nSPS) is 9.75. The summed E-state index contributed by atoms with van der Waals surface area (Å²) in [6, 6.07) is 4.42. The molecule has 0 saturated heterocycles. The van der Waals surface area contributed by atoms with Gasteiger partial charge in [-0.05, 0) is 13.0 Å². The van der Waals surface area contributed by atoms with Crippen LogP contribution in [0.2, 0.25) is 0 Å². The average molecular weight is 281 g/mol. The monoisotopic (exact) mass is 281 g/mol. The maximum absolute atomic E-state index is 11.9. The lowest BCUT2D eigenvalue weighted by atomic mass is 10.3. The van der Waals surface area contributed by atoms with E-state index in [2.05, 4.69) is 5.32 Å². The Morgan fingerprint density at radius 2 is 1.90 bits per heavy atom. The molecule has 0 spiro atoms. The molecule has 1 aromatic carbocycles. The number of benzene rings is 1. The number of methoxy groups -OCH3 is 2. The first-order chi connectivity index (χ1) is 9.64. The minimum atomic E-state index is -0.524. The Morgan fingerprint density at radius 3 is 2.35 bits per heavy atom. The van der Waals surface area contributed by atoms with Crippen molar-refractivity contribution in [3.05, 3.63) is 18.2 Å². The predicted molar refractivity (Wildman–Crippen MR) is 75.0 cm³/mol. The Morgan fingerprint density at radius 1 is 1.30 bits per heavy atom. The van der Waals surface area contributed by atoms with Gasteiger partial charge in [-0.15, -0.1) is 0 Å². The number of nitrogens with zero attached hydrogens (tertiary/aromatic N) is 1. The Balaban J connectivity index is 2.80. The van der Waals surface area contributed by atoms with Gasteiger partial charge in [-0.2, -0.15) is 0 Å². The van der Waals surface area contributed by atoms with Crippen LogP contribution < -0.4 is 20.5 Å². The largest absolute Gasteiger partial charge is 0.497 e. The van der Waals surface area contributed by atoms with E-state index in [1.54, 1.807) is 18.2 Å². The van der Waals surface area contributed by atoms with E-state index >= 15 is 0 Å². The summed E-state index contributed by atoms with van der Waals surface area (Å²) in [4.78, 5) is 23.8. The fraction of sp³-hybridized carbons (Fsp3) is 0.385. The Hall–Kier alpha value is -2.28. The summed E-state index contributed by atoms with van der Waals surface area (Å²) in [6.07, 6.45) is 1.02. The second-order valence-corrected chi connectivity index (χ2v) is 3.97. The van der Waals surface area contributed by atoms with Crippen molar-refractivity contribution in [3.63, 3.8) is 0 Å². The van der Waals surface area contributed by atoms with Gasteiger partial charge in [-0.1, -0.05) is 0 Å². The van der Waals surface area contributed by atoms with Crippen LogP contribution in [0.1, 0.15) is 6.42 Å². The van der Waals surface area contributed by atoms with Crippen LogP contribution in [0.25, 0.3) is 0 Å². The first kappa shape index (κ1) is 15.8. The highest BCUT2D eigenvalue weighted by atomic mass is 16.5. The number of ether oxygens (including phenoxy) is 2. The minimum absolute atomic E-state index is 0.271. The predicted octanol–water partition coefficient (Wildman–Crippen LogP) is 1.04. The molecule has 0 aromatic heterocycles. The number of rotatable bonds is 7. The molecule has 0 aliphatic heterocycles. The number of nitrogens with one attached hydrogen (secondary N) is 1. The van der Waals surface area contributed by atoms with Crippen molar-refractivity contribution in [1.29, 1.82) is 0 Å². The quantitative estimate of drug-likeness (QED) is 0.728. The van der Waals surface area contributed by atoms with Crippen LogP contribution in [0.3, 0.4) is 0 Å². The van der Waals surface area contributed by atoms with Crippen LogP contribution in [0.5, 0.6) is 11.5 Å². The van der Waals surface area contributed by atoms with E-state index in [0.717, 1.165) is 4.90 Å². The molecule has 1 aromatic rings. The van der Waals surface area contributed by atoms with Crippen molar-refractivity contribution in [1.82, 2.24) is 4.90 Å². The lowest BCUT2D eigenvalue weighted by molar-refractivity contribution is -0.115. The topological polar surface area (TPSA) is 93.9 Å². The van der Waals surface area contributed by atoms with E-state index in [1.807, 2.05) is 0 Å². The molecule has 0 aliphatic rings. The number of anilines is 1. The molecule has 0 atom stereocenters. The molecular weight excluding hydrogens is 262 g/mol. The summed E-state index contributed by atoms with van der Waals surface area (Å²) < 4.78 is 10.2. The van der Waals surface area contributed by atoms with Gasteiger partial charge in [0.25, 0.3) is 0 Å². The fourth-order valence-corrected chi connectivity index (χ4v) is 1.54. The molecule has 0 radical (unpaired) electrons. The van der Waals surface area contributed by atoms with E-state index in [0.29, 0.717) is 36.6 Å². The summed E-state index contributed by atoms with van der Waals surface area (Å²) in [6.45, 7) is 0.678. The summed E-state index contributed by atoms with van der Waals surface area (Å²) in [7, 11) is 3.03. The van der Waals surface area contributed by atoms with Crippen LogP contribution in [0, 0.1) is 0 Å². The first-order valence-electron chi connectivity index (χ1n) is 6.10. The number of imide groups is 1. The molecule has 20 heavy (non-hydrogen) atoms. The van der Waals surface area contributed by atoms with E-state index < -0.39 is 6.03 Å². The van der Waals surface area contributed by atoms with Gasteiger partial charge >= 0.3 is 6.03 Å². The summed E-state index contributed by atoms with van der Waals surface area (Å²) in [5.41, 5.74) is 5.83. The number of carbonyl (C=O) groups is 2. The van der Waals surface area contributed by atoms with Crippen molar-refractivity contribution >= 4 is 18.1 Å². The molecule has 7 nitrogen and oxygen atoms in total. The molecule has 3 N–H and O–H groups in total. The third kappa shape index (κ3) is 4.43. The highest BCUT2D eigenvalue weighted by Gasteiger charge is 2.13. The van der Waals surface area contributed by atoms with E-state index in [1.165, 1.54) is 14.2 Å². The van der Waals surface area contributed by atoms with Crippen molar-refractivity contribution in [2.75, 3.05) is 32.6 Å². The second-order valence-electron chi connectivity index (χ2n) is 3.97. The first-order valence-corrected chi connectivity index (χ1v) is 6.10. The fourth-order valence-electron chi connectivity index (χ4n) is 1.54. The van der Waals surface area contributed by atoms with Crippen LogP contribution in [-0.4, -0.2) is 44.7 Å². The van der Waals surface area contributed by atoms with Crippen LogP contribution in [0.15, 0.2) is 18.2 Å². The molecule has 0 heterocycles. The lowest BCUT2D eigenvalue weighted by Gasteiger charge is -2.16. The van der Waals surface area contributed by atoms with Crippen molar-refractivity contribution in [3.8, 4) is 11.5 Å². The minimum Gasteiger partial charge on any atom is -0.497 e. The van der Waals surface area contributed by atoms with Gasteiger partial charge < -0.3 is 20.5 Å². The zero-order valence-electron chi connectivity index (χ0n) is 11.6. The number of hydrogen-bond acceptors (Lipinski definition) is 5. The number of carbonyl (C=O) groups excluding carboxylic acids is 2. The third-order valence-corrected chi connectivity index (χ3v) is 2.59. The molecule has 110 valence electrons. The van der Waals surface area contributed by atoms with E-state index in [9.17, 15) is 9.59 Å². The lowest BCUT2D eigenvalue weighted by Crippen LogP contribution is -2.35. The molecule has 0 bridgehead atoms. The van der Waals surface area contributed by atoms with Crippen LogP contribution >= 0.6 is 0 Å². The summed E-state index contributed by atoms with van der Waals surface area (Å²) >= 11 is 0. The Labute approximate surface area is 117 Å². The summed E-state index contributed by atoms with van der Waals surface area (Å²) in [5.74, 6) is 1.08. The average Bonchev–Trinajstić information content (AvgIpc) is 2.47. The smallest absolute Gasteiger partial charge is 0.328 e. The Bertz CT molecular complexity index is 443. The van der Waals surface area contributed by atoms with Gasteiger partial charge in [0.05, 0.1) is 14.2 Å². The van der Waals surface area contributed by atoms with Gasteiger partial charge in [0.15, 0.2) is 0 Å². The zero-order chi connectivity index (χ0) is 15.0. The number of nitrogens with two attached hydrogens (primary N) is 1. The Kier molecular flexibility index (Phi) is 6.31. The van der Waals surface area contributed by atoms with Crippen LogP contribution in [-0.2, 0) is 4.79 Å². The summed E-state index contributed by atoms with van der Waals surface area (Å²) in [5, 5.41) is 2.61. The maximum atomic E-state index is 11.9. The SMILES string of the molecule is COc1cc(NC(=O)N(C=O)CCCN)cc(OC)c1.